The maximum Gasteiger partial charge on any atom is 0.277 e. The topological polar surface area (TPSA) is 43.1 Å². The normalized spacial score (nSPS) is 14.6. The summed E-state index contributed by atoms with van der Waals surface area (Å²) in [6.07, 6.45) is 5.53. The first-order valence-electron chi connectivity index (χ1n) is 6.16. The van der Waals surface area contributed by atoms with Crippen LogP contribution in [0.4, 0.5) is 5.69 Å². The summed E-state index contributed by atoms with van der Waals surface area (Å²) in [5, 5.41) is 12.9. The van der Waals surface area contributed by atoms with E-state index in [1.165, 1.54) is 6.07 Å². The van der Waals surface area contributed by atoms with E-state index in [4.69, 9.17) is 0 Å². The Labute approximate surface area is 121 Å². The molecule has 1 aromatic rings. The number of allylic oxidation sites excluding steroid dienone is 4. The molecule has 0 spiro atoms. The summed E-state index contributed by atoms with van der Waals surface area (Å²) in [5.74, 6) is 0. The van der Waals surface area contributed by atoms with E-state index in [1.54, 1.807) is 23.9 Å². The first-order chi connectivity index (χ1) is 9.51. The second-order valence-corrected chi connectivity index (χ2v) is 5.65. The highest BCUT2D eigenvalue weighted by molar-refractivity contribution is 8.11. The van der Waals surface area contributed by atoms with Crippen molar-refractivity contribution < 1.29 is 4.92 Å². The number of nitro benzene ring substituents is 1. The smallest absolute Gasteiger partial charge is 0.258 e. The summed E-state index contributed by atoms with van der Waals surface area (Å²) in [4.78, 5) is 12.9. The quantitative estimate of drug-likeness (QED) is 0.632. The van der Waals surface area contributed by atoms with Crippen molar-refractivity contribution in [2.75, 3.05) is 0 Å². The third-order valence-electron chi connectivity index (χ3n) is 3.14. The lowest BCUT2D eigenvalue weighted by molar-refractivity contribution is -0.385. The maximum absolute atomic E-state index is 11.3. The molecule has 0 atom stereocenters. The lowest BCUT2D eigenvalue weighted by Crippen LogP contribution is -2.31. The largest absolute Gasteiger partial charge is 0.277 e. The highest BCUT2D eigenvalue weighted by Crippen LogP contribution is 2.38. The summed E-state index contributed by atoms with van der Waals surface area (Å²) in [5.41, 5.74) is 1.64. The highest BCUT2D eigenvalue weighted by atomic mass is 32.2. The fraction of sp³-hybridized carbons (Fsp3) is 0.125. The molecule has 1 aromatic carbocycles. The molecule has 0 saturated carbocycles. The Hall–Kier alpha value is -2.07. The van der Waals surface area contributed by atoms with Crippen LogP contribution in [0.3, 0.4) is 0 Å². The van der Waals surface area contributed by atoms with Crippen molar-refractivity contribution in [1.82, 2.24) is 0 Å². The van der Waals surface area contributed by atoms with Gasteiger partial charge >= 0.3 is 0 Å². The van der Waals surface area contributed by atoms with Crippen LogP contribution in [0.15, 0.2) is 41.8 Å². The molecule has 1 heterocycles. The minimum absolute atomic E-state index is 0.111. The lowest BCUT2D eigenvalue weighted by atomic mass is 9.98. The van der Waals surface area contributed by atoms with Gasteiger partial charge in [-0.2, -0.15) is 0 Å². The SMILES string of the molecule is C=CC1=c2c(c([N+](=O)[O-])ccc2=C)C(/C=C\C)=C(C)S1. The number of nitro groups is 1. The Morgan fingerprint density at radius 1 is 1.40 bits per heavy atom. The monoisotopic (exact) mass is 285 g/mol. The highest BCUT2D eigenvalue weighted by Gasteiger charge is 2.24. The minimum Gasteiger partial charge on any atom is -0.258 e. The van der Waals surface area contributed by atoms with Gasteiger partial charge in [0.25, 0.3) is 5.69 Å². The zero-order valence-corrected chi connectivity index (χ0v) is 12.3. The van der Waals surface area contributed by atoms with E-state index in [0.29, 0.717) is 5.56 Å². The summed E-state index contributed by atoms with van der Waals surface area (Å²) in [6, 6.07) is 3.21. The minimum atomic E-state index is -0.342. The van der Waals surface area contributed by atoms with Crippen LogP contribution in [0.25, 0.3) is 17.1 Å². The number of hydrogen-bond donors (Lipinski definition) is 0. The molecule has 0 saturated heterocycles. The van der Waals surface area contributed by atoms with Gasteiger partial charge in [-0.15, -0.1) is 0 Å². The summed E-state index contributed by atoms with van der Waals surface area (Å²) >= 11 is 1.58. The van der Waals surface area contributed by atoms with Gasteiger partial charge in [0.1, 0.15) is 0 Å². The van der Waals surface area contributed by atoms with Crippen molar-refractivity contribution in [2.24, 2.45) is 0 Å². The molecular weight excluding hydrogens is 270 g/mol. The third kappa shape index (κ3) is 2.23. The lowest BCUT2D eigenvalue weighted by Gasteiger charge is -2.17. The Bertz CT molecular complexity index is 772. The number of rotatable bonds is 3. The van der Waals surface area contributed by atoms with Gasteiger partial charge in [0, 0.05) is 16.2 Å². The zero-order chi connectivity index (χ0) is 14.9. The van der Waals surface area contributed by atoms with Crippen LogP contribution in [-0.2, 0) is 0 Å². The predicted octanol–water partition coefficient (Wildman–Crippen LogP) is 3.35. The Morgan fingerprint density at radius 2 is 2.10 bits per heavy atom. The van der Waals surface area contributed by atoms with Gasteiger partial charge in [-0.05, 0) is 35.6 Å². The fourth-order valence-corrected chi connectivity index (χ4v) is 3.33. The van der Waals surface area contributed by atoms with Crippen LogP contribution in [0.2, 0.25) is 0 Å². The summed E-state index contributed by atoms with van der Waals surface area (Å²) in [6.45, 7) is 11.7. The summed E-state index contributed by atoms with van der Waals surface area (Å²) in [7, 11) is 0. The second kappa shape index (κ2) is 5.51. The average molecular weight is 285 g/mol. The Morgan fingerprint density at radius 3 is 2.65 bits per heavy atom. The molecule has 0 fully saturated rings. The molecule has 0 N–H and O–H groups in total. The van der Waals surface area contributed by atoms with Crippen molar-refractivity contribution >= 4 is 34.5 Å². The number of hydrogen-bond acceptors (Lipinski definition) is 3. The van der Waals surface area contributed by atoms with Gasteiger partial charge < -0.3 is 0 Å². The third-order valence-corrected chi connectivity index (χ3v) is 4.26. The van der Waals surface area contributed by atoms with E-state index >= 15 is 0 Å². The van der Waals surface area contributed by atoms with Crippen LogP contribution >= 0.6 is 11.8 Å². The molecule has 2 rings (SSSR count). The van der Waals surface area contributed by atoms with E-state index in [2.05, 4.69) is 13.2 Å². The second-order valence-electron chi connectivity index (χ2n) is 4.39. The average Bonchev–Trinajstić information content (AvgIpc) is 2.41. The standard InChI is InChI=1S/C16H15NO2S/c1-5-7-12-11(4)20-14(6-2)15-10(3)8-9-13(16(12)15)17(18)19/h5-9H,2-3H2,1,4H3/b7-5-. The van der Waals surface area contributed by atoms with Gasteiger partial charge in [-0.1, -0.05) is 43.1 Å². The molecule has 0 amide bonds. The van der Waals surface area contributed by atoms with Gasteiger partial charge in [0.2, 0.25) is 0 Å². The number of nitrogens with zero attached hydrogens (tertiary/aromatic N) is 1. The van der Waals surface area contributed by atoms with Crippen molar-refractivity contribution in [3.63, 3.8) is 0 Å². The van der Waals surface area contributed by atoms with Crippen molar-refractivity contribution in [2.45, 2.75) is 13.8 Å². The fourth-order valence-electron chi connectivity index (χ4n) is 2.30. The Balaban J connectivity index is 3.04. The first kappa shape index (κ1) is 14.3. The molecule has 0 bridgehead atoms. The van der Waals surface area contributed by atoms with E-state index in [1.807, 2.05) is 26.0 Å². The van der Waals surface area contributed by atoms with Crippen LogP contribution in [0.5, 0.6) is 0 Å². The van der Waals surface area contributed by atoms with Gasteiger partial charge in [0.05, 0.1) is 10.5 Å². The van der Waals surface area contributed by atoms with E-state index in [-0.39, 0.29) is 10.6 Å². The number of benzene rings is 1. The van der Waals surface area contributed by atoms with Crippen molar-refractivity contribution in [1.29, 1.82) is 0 Å². The molecule has 4 heteroatoms. The maximum atomic E-state index is 11.3. The van der Waals surface area contributed by atoms with Gasteiger partial charge in [-0.25, -0.2) is 0 Å². The molecule has 1 aliphatic heterocycles. The van der Waals surface area contributed by atoms with Crippen LogP contribution in [0.1, 0.15) is 19.4 Å². The van der Waals surface area contributed by atoms with Crippen molar-refractivity contribution in [3.8, 4) is 0 Å². The number of fused-ring (bicyclic) bond motifs is 1. The number of thioether (sulfide) groups is 1. The van der Waals surface area contributed by atoms with Crippen LogP contribution in [0, 0.1) is 10.1 Å². The predicted molar refractivity (Wildman–Crippen MR) is 86.5 cm³/mol. The zero-order valence-electron chi connectivity index (χ0n) is 11.5. The van der Waals surface area contributed by atoms with Crippen molar-refractivity contribution in [3.05, 3.63) is 68.0 Å². The van der Waals surface area contributed by atoms with E-state index in [9.17, 15) is 10.1 Å². The molecular formula is C16H15NO2S. The van der Waals surface area contributed by atoms with E-state index < -0.39 is 0 Å². The molecule has 1 aliphatic rings. The molecule has 0 aliphatic carbocycles. The molecule has 0 aromatic heterocycles. The summed E-state index contributed by atoms with van der Waals surface area (Å²) < 4.78 is 0. The van der Waals surface area contributed by atoms with E-state index in [0.717, 1.165) is 25.8 Å². The van der Waals surface area contributed by atoms with Crippen LogP contribution in [-0.4, -0.2) is 4.92 Å². The van der Waals surface area contributed by atoms with Gasteiger partial charge in [-0.3, -0.25) is 10.1 Å². The first-order valence-corrected chi connectivity index (χ1v) is 6.97. The molecule has 3 nitrogen and oxygen atoms in total. The molecule has 0 unspecified atom stereocenters. The molecule has 0 radical (unpaired) electrons. The Kier molecular flexibility index (Phi) is 3.95. The van der Waals surface area contributed by atoms with Crippen LogP contribution < -0.4 is 10.4 Å². The van der Waals surface area contributed by atoms with Gasteiger partial charge in [0.15, 0.2) is 0 Å². The molecule has 20 heavy (non-hydrogen) atoms. The molecule has 102 valence electrons.